The van der Waals surface area contributed by atoms with E-state index in [1.165, 1.54) is 0 Å². The molecule has 0 saturated heterocycles. The molecule has 5 heteroatoms. The van der Waals surface area contributed by atoms with Gasteiger partial charge in [-0.15, -0.1) is 0 Å². The highest BCUT2D eigenvalue weighted by molar-refractivity contribution is 7.92. The topological polar surface area (TPSA) is 59.1 Å². The first-order chi connectivity index (χ1) is 11.0. The van der Waals surface area contributed by atoms with Crippen LogP contribution in [0.2, 0.25) is 0 Å². The summed E-state index contributed by atoms with van der Waals surface area (Å²) in [7, 11) is -3.61. The number of hydrogen-bond acceptors (Lipinski definition) is 3. The Morgan fingerprint density at radius 2 is 1.52 bits per heavy atom. The minimum absolute atomic E-state index is 0.228. The average molecular weight is 324 g/mol. The molecule has 1 aromatic heterocycles. The largest absolute Gasteiger partial charge is 0.280 e. The number of rotatable bonds is 4. The summed E-state index contributed by atoms with van der Waals surface area (Å²) in [6.45, 7) is 1.81. The molecule has 0 amide bonds. The molecular formula is C18H16N2O2S. The number of pyridine rings is 1. The second kappa shape index (κ2) is 6.22. The fourth-order valence-electron chi connectivity index (χ4n) is 2.28. The van der Waals surface area contributed by atoms with E-state index in [-0.39, 0.29) is 4.90 Å². The van der Waals surface area contributed by atoms with Crippen LogP contribution in [-0.4, -0.2) is 13.4 Å². The second-order valence-corrected chi connectivity index (χ2v) is 6.86. The van der Waals surface area contributed by atoms with E-state index < -0.39 is 10.0 Å². The first-order valence-electron chi connectivity index (χ1n) is 7.15. The third-order valence-corrected chi connectivity index (χ3v) is 4.82. The zero-order chi connectivity index (χ0) is 16.3. The molecule has 2 aromatic carbocycles. The zero-order valence-corrected chi connectivity index (χ0v) is 13.4. The van der Waals surface area contributed by atoms with Crippen molar-refractivity contribution in [3.8, 4) is 11.1 Å². The van der Waals surface area contributed by atoms with Gasteiger partial charge >= 0.3 is 0 Å². The van der Waals surface area contributed by atoms with Crippen LogP contribution in [0.5, 0.6) is 0 Å². The number of hydrogen-bond donors (Lipinski definition) is 1. The SMILES string of the molecule is Cc1cc(NS(=O)(=O)c2ccc(-c3ccccc3)cc2)ccn1. The molecule has 0 aliphatic carbocycles. The predicted octanol–water partition coefficient (Wildman–Crippen LogP) is 3.86. The smallest absolute Gasteiger partial charge is 0.261 e. The van der Waals surface area contributed by atoms with Crippen LogP contribution in [0.1, 0.15) is 5.69 Å². The van der Waals surface area contributed by atoms with Gasteiger partial charge in [0.15, 0.2) is 0 Å². The molecule has 0 atom stereocenters. The molecule has 3 aromatic rings. The number of aryl methyl sites for hydroxylation is 1. The molecule has 0 aliphatic heterocycles. The third-order valence-electron chi connectivity index (χ3n) is 3.42. The van der Waals surface area contributed by atoms with E-state index >= 15 is 0 Å². The molecule has 0 aliphatic rings. The fourth-order valence-corrected chi connectivity index (χ4v) is 3.33. The monoisotopic (exact) mass is 324 g/mol. The number of nitrogens with one attached hydrogen (secondary N) is 1. The summed E-state index contributed by atoms with van der Waals surface area (Å²) >= 11 is 0. The first kappa shape index (κ1) is 15.2. The Kier molecular flexibility index (Phi) is 4.12. The molecule has 0 radical (unpaired) electrons. The van der Waals surface area contributed by atoms with E-state index in [1.54, 1.807) is 30.5 Å². The van der Waals surface area contributed by atoms with Crippen LogP contribution in [0.25, 0.3) is 11.1 Å². The molecule has 0 unspecified atom stereocenters. The molecule has 0 fully saturated rings. The Morgan fingerprint density at radius 3 is 2.17 bits per heavy atom. The van der Waals surface area contributed by atoms with Crippen LogP contribution in [0.3, 0.4) is 0 Å². The predicted molar refractivity (Wildman–Crippen MR) is 91.7 cm³/mol. The molecule has 3 rings (SSSR count). The van der Waals surface area contributed by atoms with Crippen molar-refractivity contribution in [2.24, 2.45) is 0 Å². The van der Waals surface area contributed by atoms with E-state index in [4.69, 9.17) is 0 Å². The summed E-state index contributed by atoms with van der Waals surface area (Å²) in [5.74, 6) is 0. The minimum atomic E-state index is -3.61. The first-order valence-corrected chi connectivity index (χ1v) is 8.64. The maximum atomic E-state index is 12.4. The zero-order valence-electron chi connectivity index (χ0n) is 12.6. The lowest BCUT2D eigenvalue weighted by molar-refractivity contribution is 0.601. The average Bonchev–Trinajstić information content (AvgIpc) is 2.55. The van der Waals surface area contributed by atoms with Crippen LogP contribution in [-0.2, 0) is 10.0 Å². The Balaban J connectivity index is 1.86. The highest BCUT2D eigenvalue weighted by atomic mass is 32.2. The van der Waals surface area contributed by atoms with Crippen molar-refractivity contribution in [1.82, 2.24) is 4.98 Å². The molecule has 4 nitrogen and oxygen atoms in total. The van der Waals surface area contributed by atoms with E-state index in [9.17, 15) is 8.42 Å². The molecular weight excluding hydrogens is 308 g/mol. The summed E-state index contributed by atoms with van der Waals surface area (Å²) < 4.78 is 27.4. The fraction of sp³-hybridized carbons (Fsp3) is 0.0556. The summed E-state index contributed by atoms with van der Waals surface area (Å²) in [5, 5.41) is 0. The standard InChI is InChI=1S/C18H16N2O2S/c1-14-13-17(11-12-19-14)20-23(21,22)18-9-7-16(8-10-18)15-5-3-2-4-6-15/h2-13H,1H3,(H,19,20). The number of nitrogens with zero attached hydrogens (tertiary/aromatic N) is 1. The molecule has 1 heterocycles. The van der Waals surface area contributed by atoms with Crippen molar-refractivity contribution in [1.29, 1.82) is 0 Å². The van der Waals surface area contributed by atoms with Gasteiger partial charge < -0.3 is 0 Å². The lowest BCUT2D eigenvalue weighted by atomic mass is 10.1. The Morgan fingerprint density at radius 1 is 0.870 bits per heavy atom. The van der Waals surface area contributed by atoms with Gasteiger partial charge in [-0.25, -0.2) is 8.42 Å². The maximum absolute atomic E-state index is 12.4. The van der Waals surface area contributed by atoms with Crippen LogP contribution in [0, 0.1) is 6.92 Å². The van der Waals surface area contributed by atoms with Gasteiger partial charge in [-0.3, -0.25) is 9.71 Å². The number of benzene rings is 2. The van der Waals surface area contributed by atoms with Crippen molar-refractivity contribution in [2.45, 2.75) is 11.8 Å². The van der Waals surface area contributed by atoms with Crippen LogP contribution >= 0.6 is 0 Å². The Labute approximate surface area is 135 Å². The summed E-state index contributed by atoms with van der Waals surface area (Å²) in [4.78, 5) is 4.28. The molecule has 23 heavy (non-hydrogen) atoms. The molecule has 0 spiro atoms. The van der Waals surface area contributed by atoms with Gasteiger partial charge in [-0.05, 0) is 42.3 Å². The van der Waals surface area contributed by atoms with Crippen molar-refractivity contribution >= 4 is 15.7 Å². The summed E-state index contributed by atoms with van der Waals surface area (Å²) in [6, 6.07) is 20.0. The van der Waals surface area contributed by atoms with Gasteiger partial charge in [0.1, 0.15) is 0 Å². The lowest BCUT2D eigenvalue weighted by Crippen LogP contribution is -2.13. The van der Waals surface area contributed by atoms with E-state index in [2.05, 4.69) is 9.71 Å². The Hall–Kier alpha value is -2.66. The van der Waals surface area contributed by atoms with E-state index in [0.29, 0.717) is 5.69 Å². The summed E-state index contributed by atoms with van der Waals surface area (Å²) in [5.41, 5.74) is 3.28. The van der Waals surface area contributed by atoms with Gasteiger partial charge in [-0.2, -0.15) is 0 Å². The third kappa shape index (κ3) is 3.57. The summed E-state index contributed by atoms with van der Waals surface area (Å²) in [6.07, 6.45) is 1.58. The van der Waals surface area contributed by atoms with Crippen LogP contribution < -0.4 is 4.72 Å². The van der Waals surface area contributed by atoms with Crippen LogP contribution in [0.4, 0.5) is 5.69 Å². The second-order valence-electron chi connectivity index (χ2n) is 5.18. The van der Waals surface area contributed by atoms with Crippen molar-refractivity contribution < 1.29 is 8.42 Å². The number of aromatic nitrogens is 1. The van der Waals surface area contributed by atoms with E-state index in [1.807, 2.05) is 49.4 Å². The molecule has 1 N–H and O–H groups in total. The van der Waals surface area contributed by atoms with Crippen molar-refractivity contribution in [3.05, 3.63) is 78.6 Å². The van der Waals surface area contributed by atoms with Gasteiger partial charge in [-0.1, -0.05) is 42.5 Å². The van der Waals surface area contributed by atoms with Crippen molar-refractivity contribution in [3.63, 3.8) is 0 Å². The number of sulfonamides is 1. The van der Waals surface area contributed by atoms with Crippen molar-refractivity contribution in [2.75, 3.05) is 4.72 Å². The highest BCUT2D eigenvalue weighted by Crippen LogP contribution is 2.22. The lowest BCUT2D eigenvalue weighted by Gasteiger charge is -2.09. The number of anilines is 1. The quantitative estimate of drug-likeness (QED) is 0.793. The van der Waals surface area contributed by atoms with Gasteiger partial charge in [0, 0.05) is 11.9 Å². The molecule has 0 bridgehead atoms. The minimum Gasteiger partial charge on any atom is -0.280 e. The Bertz CT molecular complexity index is 905. The highest BCUT2D eigenvalue weighted by Gasteiger charge is 2.14. The van der Waals surface area contributed by atoms with Gasteiger partial charge in [0.25, 0.3) is 10.0 Å². The maximum Gasteiger partial charge on any atom is 0.261 e. The van der Waals surface area contributed by atoms with E-state index in [0.717, 1.165) is 16.8 Å². The van der Waals surface area contributed by atoms with Gasteiger partial charge in [0.2, 0.25) is 0 Å². The molecule has 116 valence electrons. The van der Waals surface area contributed by atoms with Gasteiger partial charge in [0.05, 0.1) is 10.6 Å². The normalized spacial score (nSPS) is 11.2. The van der Waals surface area contributed by atoms with Crippen LogP contribution in [0.15, 0.2) is 77.8 Å². The molecule has 0 saturated carbocycles.